The van der Waals surface area contributed by atoms with Crippen LogP contribution in [0.3, 0.4) is 0 Å². The zero-order chi connectivity index (χ0) is 25.8. The van der Waals surface area contributed by atoms with Gasteiger partial charge in [-0.15, -0.1) is 0 Å². The average molecular weight is 510 g/mol. The lowest BCUT2D eigenvalue weighted by Gasteiger charge is -2.31. The second-order valence-corrected chi connectivity index (χ2v) is 10.6. The molecule has 6 nitrogen and oxygen atoms in total. The molecule has 0 saturated carbocycles. The number of halogens is 1. The number of hydrogen-bond acceptors (Lipinski definition) is 6. The molecule has 0 aliphatic carbocycles. The molecule has 182 valence electrons. The van der Waals surface area contributed by atoms with E-state index >= 15 is 0 Å². The minimum absolute atomic E-state index is 0.0871. The summed E-state index contributed by atoms with van der Waals surface area (Å²) in [7, 11) is 0. The Kier molecular flexibility index (Phi) is 8.31. The maximum absolute atomic E-state index is 13.2. The van der Waals surface area contributed by atoms with Gasteiger partial charge in [0, 0.05) is 16.4 Å². The molecular formula is C27H28ClN3O3S. The summed E-state index contributed by atoms with van der Waals surface area (Å²) in [5.74, 6) is -1.27. The monoisotopic (exact) mass is 509 g/mol. The maximum atomic E-state index is 13.2. The number of carbonyl (C=O) groups is 2. The summed E-state index contributed by atoms with van der Waals surface area (Å²) in [5, 5.41) is 17.2. The van der Waals surface area contributed by atoms with E-state index in [1.165, 1.54) is 11.8 Å². The molecule has 1 aliphatic heterocycles. The van der Waals surface area contributed by atoms with Crippen LogP contribution in [-0.2, 0) is 14.3 Å². The van der Waals surface area contributed by atoms with Crippen molar-refractivity contribution in [2.24, 2.45) is 0 Å². The van der Waals surface area contributed by atoms with Gasteiger partial charge >= 0.3 is 5.97 Å². The largest absolute Gasteiger partial charge is 0.457 e. The summed E-state index contributed by atoms with van der Waals surface area (Å²) in [5.41, 5.74) is 3.10. The first-order valence-corrected chi connectivity index (χ1v) is 12.4. The molecule has 1 amide bonds. The fourth-order valence-electron chi connectivity index (χ4n) is 3.59. The van der Waals surface area contributed by atoms with Crippen LogP contribution in [0.4, 0.5) is 5.69 Å². The third-order valence-electron chi connectivity index (χ3n) is 5.15. The highest BCUT2D eigenvalue weighted by atomic mass is 35.5. The van der Waals surface area contributed by atoms with E-state index in [2.05, 4.69) is 16.7 Å². The lowest BCUT2D eigenvalue weighted by atomic mass is 9.82. The van der Waals surface area contributed by atoms with Gasteiger partial charge in [-0.3, -0.25) is 4.79 Å². The third-order valence-corrected chi connectivity index (χ3v) is 6.42. The number of benzene rings is 2. The van der Waals surface area contributed by atoms with Gasteiger partial charge in [-0.2, -0.15) is 5.26 Å². The molecule has 0 spiro atoms. The standard InChI is InChI=1S/C27H28ClN3O3S/c1-16-6-12-20(13-7-16)31-22(32)15-35-25-21(14-29)24(18-8-10-19(28)11-9-18)23(17(2)30-25)26(33)34-27(3,4)5/h6-13,24,30H,15H2,1-5H3,(H,31,32)/t24-/m1/s1. The molecule has 0 radical (unpaired) electrons. The number of dihydropyridines is 1. The Bertz CT molecular complexity index is 1220. The van der Waals surface area contributed by atoms with E-state index in [1.807, 2.05) is 31.2 Å². The summed E-state index contributed by atoms with van der Waals surface area (Å²) < 4.78 is 5.66. The molecule has 1 aliphatic rings. The normalized spacial score (nSPS) is 15.9. The van der Waals surface area contributed by atoms with Crippen molar-refractivity contribution in [1.82, 2.24) is 5.32 Å². The zero-order valence-corrected chi connectivity index (χ0v) is 21.9. The van der Waals surface area contributed by atoms with Crippen molar-refractivity contribution < 1.29 is 14.3 Å². The average Bonchev–Trinajstić information content (AvgIpc) is 2.78. The number of hydrogen-bond donors (Lipinski definition) is 2. The van der Waals surface area contributed by atoms with Crippen molar-refractivity contribution in [3.05, 3.63) is 86.6 Å². The molecule has 8 heteroatoms. The molecule has 0 saturated heterocycles. The quantitative estimate of drug-likeness (QED) is 0.460. The van der Waals surface area contributed by atoms with Crippen molar-refractivity contribution in [3.8, 4) is 6.07 Å². The minimum Gasteiger partial charge on any atom is -0.457 e. The van der Waals surface area contributed by atoms with Crippen LogP contribution in [0.2, 0.25) is 5.02 Å². The van der Waals surface area contributed by atoms with Gasteiger partial charge < -0.3 is 15.4 Å². The number of aryl methyl sites for hydroxylation is 1. The van der Waals surface area contributed by atoms with Crippen LogP contribution in [0, 0.1) is 18.3 Å². The van der Waals surface area contributed by atoms with Crippen LogP contribution in [0.15, 0.2) is 70.4 Å². The van der Waals surface area contributed by atoms with Gasteiger partial charge in [-0.05, 0) is 64.4 Å². The Balaban J connectivity index is 1.91. The Hall–Kier alpha value is -3.21. The number of ether oxygens (including phenoxy) is 1. The van der Waals surface area contributed by atoms with E-state index in [0.29, 0.717) is 32.6 Å². The van der Waals surface area contributed by atoms with Crippen molar-refractivity contribution in [2.45, 2.75) is 46.1 Å². The van der Waals surface area contributed by atoms with Gasteiger partial charge in [0.2, 0.25) is 5.91 Å². The predicted molar refractivity (Wildman–Crippen MR) is 141 cm³/mol. The highest BCUT2D eigenvalue weighted by Gasteiger charge is 2.37. The number of nitrogens with zero attached hydrogens (tertiary/aromatic N) is 1. The highest BCUT2D eigenvalue weighted by Crippen LogP contribution is 2.41. The summed E-state index contributed by atoms with van der Waals surface area (Å²) in [6, 6.07) is 16.8. The number of amides is 1. The summed E-state index contributed by atoms with van der Waals surface area (Å²) in [6.07, 6.45) is 0. The third kappa shape index (κ3) is 6.91. The van der Waals surface area contributed by atoms with Gasteiger partial charge in [-0.25, -0.2) is 4.79 Å². The lowest BCUT2D eigenvalue weighted by Crippen LogP contribution is -2.32. The van der Waals surface area contributed by atoms with E-state index in [0.717, 1.165) is 11.1 Å². The molecule has 2 N–H and O–H groups in total. The Labute approximate surface area is 215 Å². The fraction of sp³-hybridized carbons (Fsp3) is 0.296. The summed E-state index contributed by atoms with van der Waals surface area (Å²) in [4.78, 5) is 25.8. The topological polar surface area (TPSA) is 91.2 Å². The molecule has 35 heavy (non-hydrogen) atoms. The number of rotatable bonds is 6. The molecule has 1 heterocycles. The predicted octanol–water partition coefficient (Wildman–Crippen LogP) is 6.06. The number of anilines is 1. The number of allylic oxidation sites excluding steroid dienone is 2. The number of nitrogens with one attached hydrogen (secondary N) is 2. The summed E-state index contributed by atoms with van der Waals surface area (Å²) in [6.45, 7) is 9.13. The van der Waals surface area contributed by atoms with Crippen LogP contribution < -0.4 is 10.6 Å². The number of thioether (sulfide) groups is 1. The van der Waals surface area contributed by atoms with Crippen LogP contribution in [0.1, 0.15) is 44.7 Å². The Morgan fingerprint density at radius 2 is 1.74 bits per heavy atom. The van der Waals surface area contributed by atoms with Crippen molar-refractivity contribution >= 4 is 40.9 Å². The lowest BCUT2D eigenvalue weighted by molar-refractivity contribution is -0.150. The first-order chi connectivity index (χ1) is 16.5. The Morgan fingerprint density at radius 1 is 1.11 bits per heavy atom. The van der Waals surface area contributed by atoms with Crippen molar-refractivity contribution in [1.29, 1.82) is 5.26 Å². The molecule has 0 bridgehead atoms. The molecule has 2 aromatic carbocycles. The van der Waals surface area contributed by atoms with Gasteiger partial charge in [0.15, 0.2) is 0 Å². The van der Waals surface area contributed by atoms with Gasteiger partial charge in [0.1, 0.15) is 5.60 Å². The Morgan fingerprint density at radius 3 is 2.31 bits per heavy atom. The van der Waals surface area contributed by atoms with Crippen LogP contribution >= 0.6 is 23.4 Å². The fourth-order valence-corrected chi connectivity index (χ4v) is 4.61. The minimum atomic E-state index is -0.700. The highest BCUT2D eigenvalue weighted by molar-refractivity contribution is 8.03. The van der Waals surface area contributed by atoms with Crippen molar-refractivity contribution in [3.63, 3.8) is 0 Å². The first-order valence-electron chi connectivity index (χ1n) is 11.1. The van der Waals surface area contributed by atoms with E-state index < -0.39 is 17.5 Å². The zero-order valence-electron chi connectivity index (χ0n) is 20.4. The SMILES string of the molecule is CC1=C(C(=O)OC(C)(C)C)[C@H](c2ccc(Cl)cc2)C(C#N)=C(SCC(=O)Nc2ccc(C)cc2)N1. The van der Waals surface area contributed by atoms with Crippen molar-refractivity contribution in [2.75, 3.05) is 11.1 Å². The molecule has 2 aromatic rings. The second kappa shape index (κ2) is 11.0. The van der Waals surface area contributed by atoms with E-state index in [4.69, 9.17) is 16.3 Å². The van der Waals surface area contributed by atoms with E-state index in [-0.39, 0.29) is 11.7 Å². The summed E-state index contributed by atoms with van der Waals surface area (Å²) >= 11 is 7.30. The number of carbonyl (C=O) groups excluding carboxylic acids is 2. The smallest absolute Gasteiger partial charge is 0.337 e. The van der Waals surface area contributed by atoms with Gasteiger partial charge in [-0.1, -0.05) is 53.2 Å². The number of esters is 1. The van der Waals surface area contributed by atoms with Gasteiger partial charge in [0.05, 0.1) is 33.9 Å². The second-order valence-electron chi connectivity index (χ2n) is 9.21. The molecule has 0 aromatic heterocycles. The van der Waals surface area contributed by atoms with Gasteiger partial charge in [0.25, 0.3) is 0 Å². The van der Waals surface area contributed by atoms with Crippen LogP contribution in [0.25, 0.3) is 0 Å². The molecule has 1 atom stereocenters. The number of nitriles is 1. The molecule has 0 fully saturated rings. The first kappa shape index (κ1) is 26.4. The van der Waals surface area contributed by atoms with Crippen LogP contribution in [0.5, 0.6) is 0 Å². The van der Waals surface area contributed by atoms with Crippen LogP contribution in [-0.4, -0.2) is 23.2 Å². The molecular weight excluding hydrogens is 482 g/mol. The molecule has 0 unspecified atom stereocenters. The molecule has 3 rings (SSSR count). The van der Waals surface area contributed by atoms with E-state index in [1.54, 1.807) is 52.0 Å². The van der Waals surface area contributed by atoms with E-state index in [9.17, 15) is 14.9 Å². The maximum Gasteiger partial charge on any atom is 0.337 e.